The fraction of sp³-hybridized carbons (Fsp3) is 0.217. The van der Waals surface area contributed by atoms with Crippen LogP contribution in [0.1, 0.15) is 53.0 Å². The minimum absolute atomic E-state index is 0.249. The van der Waals surface area contributed by atoms with Crippen molar-refractivity contribution in [3.8, 4) is 11.1 Å². The van der Waals surface area contributed by atoms with E-state index < -0.39 is 5.97 Å². The van der Waals surface area contributed by atoms with Crippen LogP contribution < -0.4 is 5.32 Å². The van der Waals surface area contributed by atoms with Crippen LogP contribution in [0.5, 0.6) is 0 Å². The molecule has 1 amide bonds. The Hall–Kier alpha value is -2.63. The molecule has 0 atom stereocenters. The maximum atomic E-state index is 12.7. The summed E-state index contributed by atoms with van der Waals surface area (Å²) < 4.78 is 5.23. The second kappa shape index (κ2) is 9.25. The molecule has 0 aliphatic rings. The van der Waals surface area contributed by atoms with E-state index in [0.717, 1.165) is 11.1 Å². The first-order valence-corrected chi connectivity index (χ1v) is 10.6. The van der Waals surface area contributed by atoms with E-state index in [1.165, 1.54) is 11.3 Å². The standard InChI is InChI=1S/C23H22ClNO3S/c1-4-28-23(27)20-19(16-9-11-18(24)12-10-16)13-29-22(20)25-21(26)17-7-5-15(6-8-17)14(2)3/h5-14H,4H2,1-3H3,(H,25,26). The normalized spacial score (nSPS) is 10.8. The minimum Gasteiger partial charge on any atom is -0.462 e. The van der Waals surface area contributed by atoms with E-state index in [0.29, 0.717) is 32.6 Å². The van der Waals surface area contributed by atoms with E-state index in [2.05, 4.69) is 19.2 Å². The summed E-state index contributed by atoms with van der Waals surface area (Å²) in [6, 6.07) is 14.7. The Morgan fingerprint density at radius 1 is 1.07 bits per heavy atom. The highest BCUT2D eigenvalue weighted by Crippen LogP contribution is 2.37. The average molecular weight is 428 g/mol. The molecule has 0 aliphatic heterocycles. The number of carbonyl (C=O) groups is 2. The van der Waals surface area contributed by atoms with Crippen LogP contribution in [0, 0.1) is 0 Å². The number of carbonyl (C=O) groups excluding carboxylic acids is 2. The lowest BCUT2D eigenvalue weighted by molar-refractivity contribution is 0.0529. The molecule has 150 valence electrons. The summed E-state index contributed by atoms with van der Waals surface area (Å²) in [5.41, 5.74) is 3.58. The van der Waals surface area contributed by atoms with Gasteiger partial charge in [-0.25, -0.2) is 4.79 Å². The lowest BCUT2D eigenvalue weighted by atomic mass is 10.0. The third kappa shape index (κ3) is 4.86. The molecular weight excluding hydrogens is 406 g/mol. The van der Waals surface area contributed by atoms with Crippen molar-refractivity contribution >= 4 is 39.8 Å². The van der Waals surface area contributed by atoms with Crippen LogP contribution in [-0.4, -0.2) is 18.5 Å². The summed E-state index contributed by atoms with van der Waals surface area (Å²) in [6.45, 7) is 6.20. The summed E-state index contributed by atoms with van der Waals surface area (Å²) in [6.07, 6.45) is 0. The molecule has 0 saturated carbocycles. The Bertz CT molecular complexity index is 1010. The van der Waals surface area contributed by atoms with Gasteiger partial charge in [-0.3, -0.25) is 4.79 Å². The zero-order valence-electron chi connectivity index (χ0n) is 16.5. The number of esters is 1. The second-order valence-corrected chi connectivity index (χ2v) is 8.13. The second-order valence-electron chi connectivity index (χ2n) is 6.81. The molecule has 4 nitrogen and oxygen atoms in total. The van der Waals surface area contributed by atoms with Gasteiger partial charge in [-0.05, 0) is 48.2 Å². The molecule has 0 bridgehead atoms. The number of rotatable bonds is 6. The Labute approximate surface area is 179 Å². The molecule has 0 radical (unpaired) electrons. The molecule has 2 aromatic carbocycles. The maximum absolute atomic E-state index is 12.7. The summed E-state index contributed by atoms with van der Waals surface area (Å²) in [4.78, 5) is 25.4. The van der Waals surface area contributed by atoms with Gasteiger partial charge in [0.25, 0.3) is 5.91 Å². The molecular formula is C23H22ClNO3S. The minimum atomic E-state index is -0.468. The first-order chi connectivity index (χ1) is 13.9. The van der Waals surface area contributed by atoms with Gasteiger partial charge < -0.3 is 10.1 Å². The van der Waals surface area contributed by atoms with Gasteiger partial charge >= 0.3 is 5.97 Å². The van der Waals surface area contributed by atoms with Crippen LogP contribution in [0.15, 0.2) is 53.9 Å². The molecule has 3 rings (SSSR count). The van der Waals surface area contributed by atoms with Gasteiger partial charge in [0.2, 0.25) is 0 Å². The third-order valence-electron chi connectivity index (χ3n) is 4.49. The lowest BCUT2D eigenvalue weighted by Crippen LogP contribution is -2.15. The van der Waals surface area contributed by atoms with Crippen LogP contribution in [0.2, 0.25) is 5.02 Å². The highest BCUT2D eigenvalue weighted by Gasteiger charge is 2.23. The molecule has 29 heavy (non-hydrogen) atoms. The van der Waals surface area contributed by atoms with Gasteiger partial charge in [0.1, 0.15) is 10.6 Å². The van der Waals surface area contributed by atoms with E-state index in [9.17, 15) is 9.59 Å². The number of amides is 1. The van der Waals surface area contributed by atoms with Crippen molar-refractivity contribution in [1.29, 1.82) is 0 Å². The van der Waals surface area contributed by atoms with Gasteiger partial charge in [0.15, 0.2) is 0 Å². The van der Waals surface area contributed by atoms with Gasteiger partial charge in [-0.1, -0.05) is 49.7 Å². The highest BCUT2D eigenvalue weighted by atomic mass is 35.5. The first kappa shape index (κ1) is 21.1. The number of thiophene rings is 1. The lowest BCUT2D eigenvalue weighted by Gasteiger charge is -2.10. The summed E-state index contributed by atoms with van der Waals surface area (Å²) in [5, 5.41) is 5.78. The van der Waals surface area contributed by atoms with E-state index in [1.54, 1.807) is 31.2 Å². The fourth-order valence-electron chi connectivity index (χ4n) is 2.89. The van der Waals surface area contributed by atoms with Crippen molar-refractivity contribution in [1.82, 2.24) is 0 Å². The third-order valence-corrected chi connectivity index (χ3v) is 5.64. The van der Waals surface area contributed by atoms with Crippen LogP contribution in [0.4, 0.5) is 5.00 Å². The average Bonchev–Trinajstić information content (AvgIpc) is 3.12. The molecule has 1 aromatic heterocycles. The molecule has 0 fully saturated rings. The van der Waals surface area contributed by atoms with Crippen molar-refractivity contribution < 1.29 is 14.3 Å². The number of ether oxygens (including phenoxy) is 1. The van der Waals surface area contributed by atoms with Crippen molar-refractivity contribution in [2.45, 2.75) is 26.7 Å². The topological polar surface area (TPSA) is 55.4 Å². The molecule has 3 aromatic rings. The van der Waals surface area contributed by atoms with Crippen molar-refractivity contribution in [2.75, 3.05) is 11.9 Å². The van der Waals surface area contributed by atoms with Crippen molar-refractivity contribution in [2.24, 2.45) is 0 Å². The predicted octanol–water partition coefficient (Wildman–Crippen LogP) is 6.62. The predicted molar refractivity (Wildman–Crippen MR) is 119 cm³/mol. The van der Waals surface area contributed by atoms with Gasteiger partial charge in [0, 0.05) is 21.5 Å². The molecule has 1 heterocycles. The van der Waals surface area contributed by atoms with Gasteiger partial charge in [0.05, 0.1) is 6.61 Å². The number of hydrogen-bond acceptors (Lipinski definition) is 4. The Morgan fingerprint density at radius 2 is 1.72 bits per heavy atom. The first-order valence-electron chi connectivity index (χ1n) is 9.36. The van der Waals surface area contributed by atoms with E-state index >= 15 is 0 Å². The summed E-state index contributed by atoms with van der Waals surface area (Å²) in [5.74, 6) is -0.346. The van der Waals surface area contributed by atoms with E-state index in [1.807, 2.05) is 29.6 Å². The smallest absolute Gasteiger partial charge is 0.341 e. The number of nitrogens with one attached hydrogen (secondary N) is 1. The number of benzene rings is 2. The Kier molecular flexibility index (Phi) is 6.72. The molecule has 0 aliphatic carbocycles. The SMILES string of the molecule is CCOC(=O)c1c(-c2ccc(Cl)cc2)csc1NC(=O)c1ccc(C(C)C)cc1. The van der Waals surface area contributed by atoms with Crippen molar-refractivity contribution in [3.05, 3.63) is 75.6 Å². The molecule has 0 saturated heterocycles. The fourth-order valence-corrected chi connectivity index (χ4v) is 3.97. The summed E-state index contributed by atoms with van der Waals surface area (Å²) >= 11 is 7.27. The largest absolute Gasteiger partial charge is 0.462 e. The van der Waals surface area contributed by atoms with E-state index in [-0.39, 0.29) is 12.5 Å². The molecule has 1 N–H and O–H groups in total. The maximum Gasteiger partial charge on any atom is 0.341 e. The van der Waals surface area contributed by atoms with Gasteiger partial charge in [-0.15, -0.1) is 11.3 Å². The molecule has 0 spiro atoms. The zero-order valence-corrected chi connectivity index (χ0v) is 18.1. The number of anilines is 1. The van der Waals surface area contributed by atoms with Crippen LogP contribution in [0.25, 0.3) is 11.1 Å². The highest BCUT2D eigenvalue weighted by molar-refractivity contribution is 7.15. The zero-order chi connectivity index (χ0) is 21.0. The van der Waals surface area contributed by atoms with Gasteiger partial charge in [-0.2, -0.15) is 0 Å². The Balaban J connectivity index is 1.93. The summed E-state index contributed by atoms with van der Waals surface area (Å²) in [7, 11) is 0. The Morgan fingerprint density at radius 3 is 2.31 bits per heavy atom. The quantitative estimate of drug-likeness (QED) is 0.449. The van der Waals surface area contributed by atoms with Crippen molar-refractivity contribution in [3.63, 3.8) is 0 Å². The monoisotopic (exact) mass is 427 g/mol. The van der Waals surface area contributed by atoms with Crippen LogP contribution in [0.3, 0.4) is 0 Å². The number of halogens is 1. The molecule has 6 heteroatoms. The number of hydrogen-bond donors (Lipinski definition) is 1. The van der Waals surface area contributed by atoms with Crippen LogP contribution >= 0.6 is 22.9 Å². The molecule has 0 unspecified atom stereocenters. The van der Waals surface area contributed by atoms with E-state index in [4.69, 9.17) is 16.3 Å². The van der Waals surface area contributed by atoms with Crippen LogP contribution in [-0.2, 0) is 4.74 Å².